The molecular weight excluding hydrogens is 823 g/mol. The molecular formula is C28H24Cl2CuN16S4. The molecule has 0 unspecified atom stereocenters. The van der Waals surface area contributed by atoms with Crippen LogP contribution in [0.5, 0.6) is 0 Å². The number of benzene rings is 2. The Morgan fingerprint density at radius 1 is 0.451 bits per heavy atom. The van der Waals surface area contributed by atoms with Gasteiger partial charge in [-0.2, -0.15) is 59.5 Å². The van der Waals surface area contributed by atoms with Crippen LogP contribution < -0.4 is 0 Å². The molecule has 0 spiro atoms. The summed E-state index contributed by atoms with van der Waals surface area (Å²) in [7, 11) is 9.34. The molecule has 7 rings (SSSR count). The number of hydrogen-bond acceptors (Lipinski definition) is 12. The Morgan fingerprint density at radius 3 is 0.882 bits per heavy atom. The molecule has 16 nitrogen and oxygen atoms in total. The van der Waals surface area contributed by atoms with Crippen LogP contribution in [0.2, 0.25) is 0 Å². The molecule has 0 radical (unpaired) electrons. The molecule has 0 saturated carbocycles. The second-order valence-electron chi connectivity index (χ2n) is 10.3. The van der Waals surface area contributed by atoms with Crippen molar-refractivity contribution in [3.8, 4) is 0 Å². The van der Waals surface area contributed by atoms with Crippen molar-refractivity contribution in [3.05, 3.63) is 113 Å². The Labute approximate surface area is 323 Å². The summed E-state index contributed by atoms with van der Waals surface area (Å²) in [4.78, 5) is 0. The van der Waals surface area contributed by atoms with E-state index in [0.717, 1.165) is 35.4 Å². The molecule has 0 aliphatic carbocycles. The van der Waals surface area contributed by atoms with E-state index in [1.165, 1.54) is 0 Å². The van der Waals surface area contributed by atoms with Crippen molar-refractivity contribution in [1.82, 2.24) is 59.5 Å². The normalized spacial score (nSPS) is 15.6. The van der Waals surface area contributed by atoms with Crippen molar-refractivity contribution < 1.29 is 13.1 Å². The quantitative estimate of drug-likeness (QED) is 0.114. The third-order valence-electron chi connectivity index (χ3n) is 7.26. The van der Waals surface area contributed by atoms with E-state index in [0.29, 0.717) is 68.1 Å². The SMILES string of the molecule is S=c1[nH]nc2n1/N=C/c1ccccc1/C=N/n1c(n[nH]c1=S)CCc1n[nH]c(=S)n1/N=C/c1ccccc1/C=N/n1c(n[nH]c1=S)CC2.[Cl][Cu][Cl]. The Bertz CT molecular complexity index is 2170. The second kappa shape index (κ2) is 17.2. The Hall–Kier alpha value is -4.34. The Morgan fingerprint density at radius 2 is 0.667 bits per heavy atom. The van der Waals surface area contributed by atoms with Gasteiger partial charge in [-0.05, 0) is 48.9 Å². The number of halogens is 2. The fourth-order valence-electron chi connectivity index (χ4n) is 4.84. The van der Waals surface area contributed by atoms with Crippen LogP contribution in [0.1, 0.15) is 45.6 Å². The number of nitrogens with one attached hydrogen (secondary N) is 4. The molecule has 0 saturated heterocycles. The summed E-state index contributed by atoms with van der Waals surface area (Å²) in [5, 5.41) is 47.5. The predicted octanol–water partition coefficient (Wildman–Crippen LogP) is 5.49. The summed E-state index contributed by atoms with van der Waals surface area (Å²) in [6, 6.07) is 15.3. The molecule has 4 aromatic heterocycles. The van der Waals surface area contributed by atoms with E-state index in [1.54, 1.807) is 43.6 Å². The molecule has 6 aromatic rings. The summed E-state index contributed by atoms with van der Waals surface area (Å²) in [5.74, 6) is 2.42. The first-order valence-corrected chi connectivity index (χ1v) is 18.9. The van der Waals surface area contributed by atoms with Crippen LogP contribution in [0.3, 0.4) is 0 Å². The molecule has 51 heavy (non-hydrogen) atoms. The molecule has 5 heterocycles. The van der Waals surface area contributed by atoms with Crippen LogP contribution in [0.4, 0.5) is 0 Å². The molecule has 4 N–H and O–H groups in total. The van der Waals surface area contributed by atoms with Crippen LogP contribution >= 0.6 is 69.1 Å². The zero-order chi connectivity index (χ0) is 35.7. The summed E-state index contributed by atoms with van der Waals surface area (Å²) in [6.07, 6.45) is 8.58. The van der Waals surface area contributed by atoms with E-state index in [-0.39, 0.29) is 0 Å². The van der Waals surface area contributed by atoms with Crippen molar-refractivity contribution in [2.45, 2.75) is 25.7 Å². The fraction of sp³-hybridized carbons (Fsp3) is 0.143. The first-order valence-electron chi connectivity index (χ1n) is 14.7. The average Bonchev–Trinajstić information content (AvgIpc) is 3.88. The van der Waals surface area contributed by atoms with E-state index in [9.17, 15) is 0 Å². The first kappa shape index (κ1) is 36.5. The number of H-pyrrole nitrogens is 4. The van der Waals surface area contributed by atoms with Crippen molar-refractivity contribution in [3.63, 3.8) is 0 Å². The van der Waals surface area contributed by atoms with Crippen LogP contribution in [0, 0.1) is 19.1 Å². The van der Waals surface area contributed by atoms with Gasteiger partial charge in [-0.15, -0.1) is 0 Å². The third-order valence-corrected chi connectivity index (χ3v) is 8.31. The standard InChI is InChI=1S/C28H24N16S4.2ClH.Cu/c45-25-37-33-21-9-10-23-35-39-27(47)43(23)31-15-19-7-3-4-8-20(19)16-32-44-24(36-40-28(44)48)12-11-22-34-38-26(46)42(22)30-14-18-6-2-1-5-17(18)13-29-41(21)25;;;/h1-8,13-16H,9-12H2,(H,37,45)(H,38,46)(H,39,47)(H,40,48);2*1H;/q;;;+2/p-2/b29-13+,30-14+,31-15+,32-16+;;;. The predicted molar refractivity (Wildman–Crippen MR) is 201 cm³/mol. The number of fused-ring (bicyclic) bond motifs is 6. The number of aromatic nitrogens is 12. The topological polar surface area (TPSA) is 184 Å². The van der Waals surface area contributed by atoms with Crippen LogP contribution in [0.25, 0.3) is 0 Å². The van der Waals surface area contributed by atoms with Gasteiger partial charge in [-0.3, -0.25) is 20.4 Å². The number of aromatic amines is 4. The Balaban J connectivity index is 0.00000144. The number of nitrogens with zero attached hydrogens (tertiary/aromatic N) is 12. The maximum absolute atomic E-state index is 5.49. The van der Waals surface area contributed by atoms with Gasteiger partial charge in [0.05, 0.1) is 24.9 Å². The molecule has 2 aromatic carbocycles. The van der Waals surface area contributed by atoms with E-state index >= 15 is 0 Å². The average molecular weight is 847 g/mol. The fourth-order valence-corrected chi connectivity index (χ4v) is 5.63. The minimum atomic E-state index is 0.347. The van der Waals surface area contributed by atoms with Crippen molar-refractivity contribution >= 4 is 93.9 Å². The third kappa shape index (κ3) is 8.76. The zero-order valence-electron chi connectivity index (χ0n) is 25.8. The van der Waals surface area contributed by atoms with E-state index in [1.807, 2.05) is 48.5 Å². The molecule has 0 amide bonds. The van der Waals surface area contributed by atoms with Gasteiger partial charge in [0, 0.05) is 47.9 Å². The van der Waals surface area contributed by atoms with Crippen molar-refractivity contribution in [2.75, 3.05) is 0 Å². The van der Waals surface area contributed by atoms with Gasteiger partial charge in [0.2, 0.25) is 19.1 Å². The van der Waals surface area contributed by atoms with Gasteiger partial charge < -0.3 is 0 Å². The molecule has 23 heteroatoms. The van der Waals surface area contributed by atoms with Gasteiger partial charge in [0.1, 0.15) is 0 Å². The van der Waals surface area contributed by atoms with Gasteiger partial charge in [-0.25, -0.2) is 0 Å². The monoisotopic (exact) mass is 845 g/mol. The second-order valence-corrected chi connectivity index (χ2v) is 13.4. The summed E-state index contributed by atoms with van der Waals surface area (Å²) in [6.45, 7) is 0. The zero-order valence-corrected chi connectivity index (χ0v) is 31.5. The summed E-state index contributed by atoms with van der Waals surface area (Å²) >= 11 is 22.7. The van der Waals surface area contributed by atoms with Gasteiger partial charge in [-0.1, -0.05) is 48.5 Å². The summed E-state index contributed by atoms with van der Waals surface area (Å²) in [5.41, 5.74) is 3.19. The van der Waals surface area contributed by atoms with Gasteiger partial charge in [0.25, 0.3) is 0 Å². The number of aryl methyl sites for hydroxylation is 4. The van der Waals surface area contributed by atoms with Crippen molar-refractivity contribution in [2.24, 2.45) is 20.4 Å². The first-order chi connectivity index (χ1) is 24.9. The van der Waals surface area contributed by atoms with Crippen LogP contribution in [0.15, 0.2) is 68.9 Å². The van der Waals surface area contributed by atoms with E-state index in [4.69, 9.17) is 48.9 Å². The molecule has 1 aliphatic heterocycles. The van der Waals surface area contributed by atoms with Crippen LogP contribution in [-0.4, -0.2) is 84.4 Å². The molecule has 0 bridgehead atoms. The molecule has 0 atom stereocenters. The van der Waals surface area contributed by atoms with Gasteiger partial charge in [0.15, 0.2) is 23.3 Å². The van der Waals surface area contributed by atoms with Crippen molar-refractivity contribution in [1.29, 1.82) is 0 Å². The van der Waals surface area contributed by atoms with E-state index in [2.05, 4.69) is 81.4 Å². The maximum atomic E-state index is 5.49. The number of hydrogen-bond donors (Lipinski definition) is 4. The van der Waals surface area contributed by atoms with E-state index < -0.39 is 0 Å². The molecule has 0 fully saturated rings. The molecule has 1 aliphatic rings. The minimum absolute atomic E-state index is 0.347. The number of rotatable bonds is 0. The summed E-state index contributed by atoms with van der Waals surface area (Å²) < 4.78 is 7.69. The van der Waals surface area contributed by atoms with Gasteiger partial charge >= 0.3 is 33.3 Å². The molecule has 265 valence electrons. The van der Waals surface area contributed by atoms with Crippen LogP contribution in [-0.2, 0) is 38.8 Å². The Kier molecular flexibility index (Phi) is 12.3.